The standard InChI is InChI=1S/C24H34N8O5/c25-20-29-18-14(9-31-16(33)1-2-17(31)34)27-21(26)32-10-15(24(36,37)23(18,32)30-20)28-19(35)22-6-11-3-12(7-22)5-13(4-11)8-22/h11-15,18,36-37H,1-10H2,(H2,26,27)(H,28,35)(H3,25,29,30)/t11?,12?,13?,14-,15-,18?,22?,23?/m0/s1. The molecule has 4 atom stereocenters. The molecule has 4 saturated carbocycles. The van der Waals surface area contributed by atoms with Crippen molar-refractivity contribution in [2.24, 2.45) is 44.6 Å². The molecule has 4 heterocycles. The Kier molecular flexibility index (Phi) is 4.60. The summed E-state index contributed by atoms with van der Waals surface area (Å²) in [7, 11) is 0. The van der Waals surface area contributed by atoms with Gasteiger partial charge in [-0.3, -0.25) is 19.3 Å². The summed E-state index contributed by atoms with van der Waals surface area (Å²) in [5.41, 5.74) is 10.2. The zero-order chi connectivity index (χ0) is 25.9. The molecule has 0 aromatic rings. The zero-order valence-corrected chi connectivity index (χ0v) is 20.6. The zero-order valence-electron chi connectivity index (χ0n) is 20.6. The molecule has 4 aliphatic carbocycles. The van der Waals surface area contributed by atoms with Crippen molar-refractivity contribution in [2.75, 3.05) is 13.1 Å². The van der Waals surface area contributed by atoms with Crippen molar-refractivity contribution in [2.45, 2.75) is 80.9 Å². The largest absolute Gasteiger partial charge is 0.370 e. The van der Waals surface area contributed by atoms with Crippen LogP contribution in [0.2, 0.25) is 0 Å². The van der Waals surface area contributed by atoms with E-state index in [0.717, 1.165) is 24.2 Å². The normalized spacial score (nSPS) is 44.9. The molecule has 2 saturated heterocycles. The summed E-state index contributed by atoms with van der Waals surface area (Å²) in [6.07, 6.45) is 6.35. The molecule has 3 amide bonds. The molecule has 0 aromatic heterocycles. The van der Waals surface area contributed by atoms with Crippen LogP contribution in [-0.4, -0.2) is 92.3 Å². The second kappa shape index (κ2) is 7.34. The topological polar surface area (TPSA) is 199 Å². The molecule has 0 aromatic carbocycles. The Balaban J connectivity index is 1.18. The molecule has 200 valence electrons. The molecule has 0 radical (unpaired) electrons. The Morgan fingerprint density at radius 3 is 2.22 bits per heavy atom. The SMILES string of the molecule is NC1=NC2[C@H](CN3C(=O)CCC3=O)N=C(N)N3C[C@H](NC(=O)C45CC6CC(CC(C6)C4)C5)C(O)(O)C23N1. The van der Waals surface area contributed by atoms with Gasteiger partial charge in [0.2, 0.25) is 23.5 Å². The summed E-state index contributed by atoms with van der Waals surface area (Å²) < 4.78 is 0. The summed E-state index contributed by atoms with van der Waals surface area (Å²) in [6, 6.07) is -2.89. The van der Waals surface area contributed by atoms with Crippen LogP contribution in [0.1, 0.15) is 51.4 Å². The molecule has 13 heteroatoms. The van der Waals surface area contributed by atoms with Crippen LogP contribution >= 0.6 is 0 Å². The van der Waals surface area contributed by atoms with E-state index in [1.807, 2.05) is 0 Å². The Labute approximate surface area is 213 Å². The van der Waals surface area contributed by atoms with Gasteiger partial charge in [-0.25, -0.2) is 9.98 Å². The monoisotopic (exact) mass is 514 g/mol. The number of nitrogens with two attached hydrogens (primary N) is 2. The number of aliphatic hydroxyl groups is 2. The number of guanidine groups is 2. The second-order valence-corrected chi connectivity index (χ2v) is 12.4. The van der Waals surface area contributed by atoms with Gasteiger partial charge in [-0.2, -0.15) is 0 Å². The third kappa shape index (κ3) is 3.01. The fraction of sp³-hybridized carbons (Fsp3) is 0.792. The van der Waals surface area contributed by atoms with Crippen molar-refractivity contribution in [3.63, 3.8) is 0 Å². The molecule has 13 nitrogen and oxygen atoms in total. The van der Waals surface area contributed by atoms with Gasteiger partial charge in [-0.05, 0) is 56.3 Å². The molecule has 4 aliphatic heterocycles. The Morgan fingerprint density at radius 1 is 1.03 bits per heavy atom. The number of amides is 3. The Hall–Kier alpha value is -2.93. The highest BCUT2D eigenvalue weighted by atomic mass is 16.5. The number of rotatable bonds is 4. The number of carbonyl (C=O) groups is 3. The highest BCUT2D eigenvalue weighted by molar-refractivity contribution is 6.02. The number of aliphatic imine (C=N–C) groups is 2. The quantitative estimate of drug-likeness (QED) is 0.174. The van der Waals surface area contributed by atoms with Crippen LogP contribution in [0, 0.1) is 23.2 Å². The van der Waals surface area contributed by atoms with E-state index in [4.69, 9.17) is 11.5 Å². The summed E-state index contributed by atoms with van der Waals surface area (Å²) in [4.78, 5) is 49.9. The molecule has 1 spiro atoms. The van der Waals surface area contributed by atoms with Crippen molar-refractivity contribution in [1.82, 2.24) is 20.4 Å². The summed E-state index contributed by atoms with van der Waals surface area (Å²) in [6.45, 7) is -0.113. The first-order chi connectivity index (χ1) is 17.5. The minimum Gasteiger partial charge on any atom is -0.370 e. The van der Waals surface area contributed by atoms with Gasteiger partial charge >= 0.3 is 0 Å². The molecule has 4 bridgehead atoms. The first kappa shape index (κ1) is 23.2. The highest BCUT2D eigenvalue weighted by Crippen LogP contribution is 2.60. The molecule has 2 unspecified atom stereocenters. The van der Waals surface area contributed by atoms with Crippen molar-refractivity contribution in [1.29, 1.82) is 0 Å². The van der Waals surface area contributed by atoms with Crippen LogP contribution in [0.25, 0.3) is 0 Å². The van der Waals surface area contributed by atoms with Crippen LogP contribution in [0.15, 0.2) is 9.98 Å². The van der Waals surface area contributed by atoms with Crippen LogP contribution in [0.3, 0.4) is 0 Å². The van der Waals surface area contributed by atoms with E-state index >= 15 is 0 Å². The van der Waals surface area contributed by atoms with E-state index in [1.165, 1.54) is 24.2 Å². The van der Waals surface area contributed by atoms with Gasteiger partial charge in [0.05, 0.1) is 12.6 Å². The number of carbonyl (C=O) groups excluding carboxylic acids is 3. The summed E-state index contributed by atoms with van der Waals surface area (Å²) >= 11 is 0. The molecule has 8 aliphatic rings. The van der Waals surface area contributed by atoms with Crippen molar-refractivity contribution >= 4 is 29.6 Å². The van der Waals surface area contributed by atoms with Gasteiger partial charge in [-0.15, -0.1) is 0 Å². The van der Waals surface area contributed by atoms with Gasteiger partial charge in [0.25, 0.3) is 0 Å². The lowest BCUT2D eigenvalue weighted by Gasteiger charge is -2.56. The predicted molar refractivity (Wildman–Crippen MR) is 129 cm³/mol. The van der Waals surface area contributed by atoms with E-state index in [0.29, 0.717) is 17.8 Å². The molecule has 8 rings (SSSR count). The fourth-order valence-electron chi connectivity index (χ4n) is 8.95. The summed E-state index contributed by atoms with van der Waals surface area (Å²) in [5, 5.41) is 29.3. The maximum absolute atomic E-state index is 13.8. The van der Waals surface area contributed by atoms with Crippen LogP contribution in [0.4, 0.5) is 0 Å². The molecule has 8 N–H and O–H groups in total. The van der Waals surface area contributed by atoms with E-state index < -0.39 is 35.0 Å². The van der Waals surface area contributed by atoms with E-state index in [9.17, 15) is 24.6 Å². The lowest BCUT2D eigenvalue weighted by Crippen LogP contribution is -2.78. The summed E-state index contributed by atoms with van der Waals surface area (Å²) in [5.74, 6) is -1.65. The number of nitrogens with zero attached hydrogens (tertiary/aromatic N) is 4. The Bertz CT molecular complexity index is 1100. The Morgan fingerprint density at radius 2 is 1.62 bits per heavy atom. The predicted octanol–water partition coefficient (Wildman–Crippen LogP) is -2.49. The first-order valence-electron chi connectivity index (χ1n) is 13.3. The van der Waals surface area contributed by atoms with Crippen LogP contribution < -0.4 is 22.1 Å². The average molecular weight is 515 g/mol. The average Bonchev–Trinajstić information content (AvgIpc) is 3.41. The number of imide groups is 1. The molecular weight excluding hydrogens is 480 g/mol. The first-order valence-corrected chi connectivity index (χ1v) is 13.3. The van der Waals surface area contributed by atoms with Crippen molar-refractivity contribution < 1.29 is 24.6 Å². The van der Waals surface area contributed by atoms with Gasteiger partial charge in [0.15, 0.2) is 17.6 Å². The van der Waals surface area contributed by atoms with Crippen LogP contribution in [-0.2, 0) is 14.4 Å². The van der Waals surface area contributed by atoms with Crippen molar-refractivity contribution in [3.05, 3.63) is 0 Å². The number of hydrogen-bond acceptors (Lipinski definition) is 11. The van der Waals surface area contributed by atoms with E-state index in [2.05, 4.69) is 20.6 Å². The maximum atomic E-state index is 13.8. The minimum atomic E-state index is -2.53. The van der Waals surface area contributed by atoms with E-state index in [1.54, 1.807) is 0 Å². The number of likely N-dealkylation sites (tertiary alicyclic amines) is 1. The lowest BCUT2D eigenvalue weighted by molar-refractivity contribution is -0.232. The highest BCUT2D eigenvalue weighted by Gasteiger charge is 2.74. The fourth-order valence-corrected chi connectivity index (χ4v) is 8.95. The van der Waals surface area contributed by atoms with Crippen LogP contribution in [0.5, 0.6) is 0 Å². The molecular formula is C24H34N8O5. The van der Waals surface area contributed by atoms with E-state index in [-0.39, 0.29) is 55.6 Å². The number of hydrogen-bond donors (Lipinski definition) is 6. The lowest BCUT2D eigenvalue weighted by atomic mass is 9.49. The maximum Gasteiger partial charge on any atom is 0.231 e. The van der Waals surface area contributed by atoms with Gasteiger partial charge in [-0.1, -0.05) is 0 Å². The number of nitrogens with one attached hydrogen (secondary N) is 2. The molecule has 37 heavy (non-hydrogen) atoms. The second-order valence-electron chi connectivity index (χ2n) is 12.4. The van der Waals surface area contributed by atoms with Crippen molar-refractivity contribution in [3.8, 4) is 0 Å². The van der Waals surface area contributed by atoms with Gasteiger partial charge in [0, 0.05) is 24.8 Å². The molecule has 6 fully saturated rings. The minimum absolute atomic E-state index is 0.00299. The smallest absolute Gasteiger partial charge is 0.231 e. The third-order valence-electron chi connectivity index (χ3n) is 10.2. The third-order valence-corrected chi connectivity index (χ3v) is 10.2. The van der Waals surface area contributed by atoms with Gasteiger partial charge < -0.3 is 37.2 Å². The van der Waals surface area contributed by atoms with Gasteiger partial charge in [0.1, 0.15) is 12.1 Å².